The molecule has 0 bridgehead atoms. The number of hydrogen-bond donors (Lipinski definition) is 0. The number of hydrogen-bond acceptors (Lipinski definition) is 4. The predicted molar refractivity (Wildman–Crippen MR) is 94.2 cm³/mol. The second kappa shape index (κ2) is 6.27. The highest BCUT2D eigenvalue weighted by Gasteiger charge is 2.33. The van der Waals surface area contributed by atoms with Gasteiger partial charge >= 0.3 is 0 Å². The van der Waals surface area contributed by atoms with E-state index in [0.29, 0.717) is 5.56 Å². The third-order valence-corrected chi connectivity index (χ3v) is 4.85. The quantitative estimate of drug-likeness (QED) is 0.738. The van der Waals surface area contributed by atoms with Crippen molar-refractivity contribution in [2.45, 2.75) is 45.2 Å². The van der Waals surface area contributed by atoms with Crippen molar-refractivity contribution in [3.8, 4) is 0 Å². The third-order valence-electron chi connectivity index (χ3n) is 4.85. The van der Waals surface area contributed by atoms with Crippen LogP contribution >= 0.6 is 0 Å². The molecule has 3 heterocycles. The average molecular weight is 335 g/mol. The van der Waals surface area contributed by atoms with Crippen molar-refractivity contribution >= 4 is 11.4 Å². The molecule has 0 spiro atoms. The Morgan fingerprint density at radius 2 is 2.20 bits per heavy atom. The maximum Gasteiger partial charge on any atom is 0.258 e. The Morgan fingerprint density at radius 1 is 1.32 bits per heavy atom. The van der Waals surface area contributed by atoms with Crippen LogP contribution in [0.2, 0.25) is 0 Å². The molecule has 6 nitrogen and oxygen atoms in total. The summed E-state index contributed by atoms with van der Waals surface area (Å²) in [4.78, 5) is 24.1. The van der Waals surface area contributed by atoms with E-state index in [4.69, 9.17) is 0 Å². The van der Waals surface area contributed by atoms with Gasteiger partial charge < -0.3 is 4.90 Å². The lowest BCUT2D eigenvalue weighted by Crippen LogP contribution is -2.41. The molecule has 25 heavy (non-hydrogen) atoms. The van der Waals surface area contributed by atoms with Crippen LogP contribution in [0.3, 0.4) is 0 Å². The lowest BCUT2D eigenvalue weighted by Gasteiger charge is -2.37. The normalized spacial score (nSPS) is 16.8. The predicted octanol–water partition coefficient (Wildman–Crippen LogP) is 3.05. The second-order valence-corrected chi connectivity index (χ2v) is 6.73. The number of nitrogens with zero attached hydrogens (tertiary/aromatic N) is 5. The summed E-state index contributed by atoms with van der Waals surface area (Å²) < 4.78 is 1.69. The number of rotatable bonds is 3. The zero-order chi connectivity index (χ0) is 17.4. The van der Waals surface area contributed by atoms with Gasteiger partial charge in [-0.2, -0.15) is 5.10 Å². The molecule has 6 heteroatoms. The lowest BCUT2D eigenvalue weighted by atomic mass is 9.90. The molecule has 4 rings (SSSR count). The fourth-order valence-electron chi connectivity index (χ4n) is 3.73. The Hall–Kier alpha value is -2.76. The van der Waals surface area contributed by atoms with Crippen LogP contribution in [0.4, 0.5) is 0 Å². The molecule has 0 radical (unpaired) electrons. The highest BCUT2D eigenvalue weighted by molar-refractivity contribution is 6.00. The summed E-state index contributed by atoms with van der Waals surface area (Å²) in [5.41, 5.74) is 3.60. The van der Waals surface area contributed by atoms with E-state index in [2.05, 4.69) is 35.0 Å². The van der Waals surface area contributed by atoms with E-state index in [0.717, 1.165) is 30.5 Å². The number of pyridine rings is 1. The fourth-order valence-corrected chi connectivity index (χ4v) is 3.73. The number of carbonyl (C=O) groups is 1. The first-order valence-corrected chi connectivity index (χ1v) is 8.70. The van der Waals surface area contributed by atoms with E-state index < -0.39 is 0 Å². The first kappa shape index (κ1) is 15.7. The fraction of sp³-hybridized carbons (Fsp3) is 0.368. The maximum atomic E-state index is 13.4. The standard InChI is InChI=1S/C19H21N5O/c1-13(2)24(16-7-3-5-14-6-4-8-21-18(14)16)19(25)15-11-22-23-10-9-20-12-17(15)23/h4,6,8-13,16H,3,5,7H2,1-2H3. The van der Waals surface area contributed by atoms with E-state index in [1.165, 1.54) is 5.56 Å². The van der Waals surface area contributed by atoms with Crippen LogP contribution in [-0.4, -0.2) is 36.4 Å². The molecule has 0 aromatic carbocycles. The zero-order valence-corrected chi connectivity index (χ0v) is 14.5. The molecule has 1 atom stereocenters. The topological polar surface area (TPSA) is 63.4 Å². The molecule has 1 amide bonds. The monoisotopic (exact) mass is 335 g/mol. The Kier molecular flexibility index (Phi) is 3.95. The first-order chi connectivity index (χ1) is 12.2. The molecule has 3 aromatic heterocycles. The smallest absolute Gasteiger partial charge is 0.258 e. The van der Waals surface area contributed by atoms with Crippen molar-refractivity contribution in [2.24, 2.45) is 0 Å². The largest absolute Gasteiger partial charge is 0.327 e. The molecule has 0 N–H and O–H groups in total. The van der Waals surface area contributed by atoms with Crippen LogP contribution in [-0.2, 0) is 6.42 Å². The molecule has 3 aromatic rings. The van der Waals surface area contributed by atoms with Crippen molar-refractivity contribution in [3.05, 3.63) is 59.9 Å². The summed E-state index contributed by atoms with van der Waals surface area (Å²) in [6, 6.07) is 4.16. The van der Waals surface area contributed by atoms with Gasteiger partial charge in [0, 0.05) is 24.6 Å². The summed E-state index contributed by atoms with van der Waals surface area (Å²) >= 11 is 0. The summed E-state index contributed by atoms with van der Waals surface area (Å²) in [5, 5.41) is 4.28. The van der Waals surface area contributed by atoms with Gasteiger partial charge in [-0.1, -0.05) is 6.07 Å². The summed E-state index contributed by atoms with van der Waals surface area (Å²) in [6.07, 6.45) is 11.6. The number of amides is 1. The van der Waals surface area contributed by atoms with Gasteiger partial charge in [0.1, 0.15) is 0 Å². The SMILES string of the molecule is CC(C)N(C(=O)c1cnn2ccncc12)C1CCCc2cccnc21. The van der Waals surface area contributed by atoms with Crippen molar-refractivity contribution in [2.75, 3.05) is 0 Å². The number of fused-ring (bicyclic) bond motifs is 2. The summed E-state index contributed by atoms with van der Waals surface area (Å²) in [7, 11) is 0. The third kappa shape index (κ3) is 2.67. The van der Waals surface area contributed by atoms with Crippen molar-refractivity contribution < 1.29 is 4.79 Å². The average Bonchev–Trinajstić information content (AvgIpc) is 3.06. The van der Waals surface area contributed by atoms with Gasteiger partial charge in [0.15, 0.2) is 0 Å². The minimum atomic E-state index is -0.0125. The highest BCUT2D eigenvalue weighted by Crippen LogP contribution is 2.35. The van der Waals surface area contributed by atoms with Gasteiger partial charge in [-0.3, -0.25) is 14.8 Å². The summed E-state index contributed by atoms with van der Waals surface area (Å²) in [6.45, 7) is 4.11. The molecule has 0 fully saturated rings. The van der Waals surface area contributed by atoms with Gasteiger partial charge in [-0.25, -0.2) is 4.52 Å². The Labute approximate surface area is 146 Å². The Morgan fingerprint density at radius 3 is 3.04 bits per heavy atom. The van der Waals surface area contributed by atoms with Gasteiger partial charge in [0.2, 0.25) is 0 Å². The molecule has 0 aliphatic heterocycles. The van der Waals surface area contributed by atoms with Crippen molar-refractivity contribution in [3.63, 3.8) is 0 Å². The molecule has 0 saturated carbocycles. The molecule has 0 saturated heterocycles. The number of carbonyl (C=O) groups excluding carboxylic acids is 1. The maximum absolute atomic E-state index is 13.4. The van der Waals surface area contributed by atoms with E-state index in [1.807, 2.05) is 17.2 Å². The number of aromatic nitrogens is 4. The minimum absolute atomic E-state index is 0.00377. The van der Waals surface area contributed by atoms with Gasteiger partial charge in [0.25, 0.3) is 5.91 Å². The minimum Gasteiger partial charge on any atom is -0.327 e. The van der Waals surface area contributed by atoms with Crippen LogP contribution in [0.1, 0.15) is 54.3 Å². The molecule has 128 valence electrons. The molecular weight excluding hydrogens is 314 g/mol. The second-order valence-electron chi connectivity index (χ2n) is 6.73. The lowest BCUT2D eigenvalue weighted by molar-refractivity contribution is 0.0578. The van der Waals surface area contributed by atoms with Crippen LogP contribution < -0.4 is 0 Å². The van der Waals surface area contributed by atoms with Crippen molar-refractivity contribution in [1.82, 2.24) is 24.5 Å². The van der Waals surface area contributed by atoms with Crippen molar-refractivity contribution in [1.29, 1.82) is 0 Å². The van der Waals surface area contributed by atoms with Gasteiger partial charge in [-0.05, 0) is 44.7 Å². The Balaban J connectivity index is 1.77. The van der Waals surface area contributed by atoms with E-state index in [-0.39, 0.29) is 18.0 Å². The number of aryl methyl sites for hydroxylation is 1. The van der Waals surface area contributed by atoms with Crippen LogP contribution in [0.15, 0.2) is 43.1 Å². The summed E-state index contributed by atoms with van der Waals surface area (Å²) in [5.74, 6) is -0.0125. The van der Waals surface area contributed by atoms with Gasteiger partial charge in [0.05, 0.1) is 35.2 Å². The van der Waals surface area contributed by atoms with Crippen LogP contribution in [0.25, 0.3) is 5.52 Å². The van der Waals surface area contributed by atoms with E-state index in [9.17, 15) is 4.79 Å². The van der Waals surface area contributed by atoms with E-state index >= 15 is 0 Å². The highest BCUT2D eigenvalue weighted by atomic mass is 16.2. The molecule has 1 aliphatic carbocycles. The zero-order valence-electron chi connectivity index (χ0n) is 14.5. The van der Waals surface area contributed by atoms with Crippen LogP contribution in [0.5, 0.6) is 0 Å². The molecular formula is C19H21N5O. The molecule has 1 aliphatic rings. The first-order valence-electron chi connectivity index (χ1n) is 8.70. The van der Waals surface area contributed by atoms with Crippen LogP contribution in [0, 0.1) is 0 Å². The van der Waals surface area contributed by atoms with Gasteiger partial charge in [-0.15, -0.1) is 0 Å². The van der Waals surface area contributed by atoms with E-state index in [1.54, 1.807) is 29.3 Å². The Bertz CT molecular complexity index is 917. The molecule has 1 unspecified atom stereocenters.